The highest BCUT2D eigenvalue weighted by Gasteiger charge is 2.09. The Bertz CT molecular complexity index is 614. The van der Waals surface area contributed by atoms with E-state index in [9.17, 15) is 9.18 Å². The van der Waals surface area contributed by atoms with Crippen molar-refractivity contribution in [2.24, 2.45) is 0 Å². The molecule has 1 amide bonds. The first-order valence-electron chi connectivity index (χ1n) is 5.79. The number of hydrogen-bond acceptors (Lipinski definition) is 4. The van der Waals surface area contributed by atoms with Gasteiger partial charge in [-0.25, -0.2) is 4.98 Å². The molecule has 0 aliphatic heterocycles. The minimum absolute atomic E-state index is 0.265. The predicted octanol–water partition coefficient (Wildman–Crippen LogP) is 2.49. The molecule has 0 atom stereocenters. The van der Waals surface area contributed by atoms with Gasteiger partial charge >= 0.3 is 0 Å². The van der Waals surface area contributed by atoms with Gasteiger partial charge in [-0.05, 0) is 24.3 Å². The highest BCUT2D eigenvalue weighted by atomic mass is 19.1. The van der Waals surface area contributed by atoms with E-state index >= 15 is 0 Å². The Kier molecular flexibility index (Phi) is 4.14. The molecule has 0 bridgehead atoms. The first-order valence-corrected chi connectivity index (χ1v) is 5.79. The lowest BCUT2D eigenvalue weighted by Gasteiger charge is -2.10. The van der Waals surface area contributed by atoms with E-state index in [1.807, 2.05) is 0 Å². The quantitative estimate of drug-likeness (QED) is 0.871. The number of carbonyl (C=O) groups is 1. The van der Waals surface area contributed by atoms with Crippen LogP contribution in [0.5, 0.6) is 11.5 Å². The topological polar surface area (TPSA) is 60.5 Å². The maximum atomic E-state index is 12.7. The van der Waals surface area contributed by atoms with Gasteiger partial charge in [-0.15, -0.1) is 0 Å². The second-order valence-corrected chi connectivity index (χ2v) is 3.89. The lowest BCUT2D eigenvalue weighted by atomic mass is 10.2. The van der Waals surface area contributed by atoms with Crippen LogP contribution in [0.25, 0.3) is 0 Å². The van der Waals surface area contributed by atoms with Gasteiger partial charge in [-0.1, -0.05) is 0 Å². The Morgan fingerprint density at radius 1 is 1.15 bits per heavy atom. The van der Waals surface area contributed by atoms with Crippen molar-refractivity contribution in [3.8, 4) is 11.5 Å². The summed E-state index contributed by atoms with van der Waals surface area (Å²) in [6, 6.07) is 7.48. The van der Waals surface area contributed by atoms with Crippen molar-refractivity contribution in [1.82, 2.24) is 4.98 Å². The number of nitrogens with one attached hydrogen (secondary N) is 1. The van der Waals surface area contributed by atoms with Crippen LogP contribution < -0.4 is 14.8 Å². The maximum absolute atomic E-state index is 12.7. The zero-order valence-electron chi connectivity index (χ0n) is 11.0. The van der Waals surface area contributed by atoms with Gasteiger partial charge in [-0.2, -0.15) is 4.39 Å². The Hall–Kier alpha value is -2.63. The number of aromatic nitrogens is 1. The van der Waals surface area contributed by atoms with Gasteiger partial charge in [0.25, 0.3) is 5.91 Å². The van der Waals surface area contributed by atoms with Crippen molar-refractivity contribution in [3.05, 3.63) is 48.0 Å². The second-order valence-electron chi connectivity index (χ2n) is 3.89. The largest absolute Gasteiger partial charge is 0.493 e. The fourth-order valence-electron chi connectivity index (χ4n) is 1.63. The third-order valence-electron chi connectivity index (χ3n) is 2.63. The molecule has 0 unspecified atom stereocenters. The van der Waals surface area contributed by atoms with Gasteiger partial charge in [0.1, 0.15) is 0 Å². The third kappa shape index (κ3) is 3.03. The van der Waals surface area contributed by atoms with E-state index in [0.29, 0.717) is 17.2 Å². The number of pyridine rings is 1. The Labute approximate surface area is 115 Å². The molecule has 0 saturated carbocycles. The van der Waals surface area contributed by atoms with E-state index in [4.69, 9.17) is 9.47 Å². The van der Waals surface area contributed by atoms with Gasteiger partial charge in [0.15, 0.2) is 11.5 Å². The minimum Gasteiger partial charge on any atom is -0.493 e. The number of benzene rings is 1. The van der Waals surface area contributed by atoms with Crippen LogP contribution in [0.3, 0.4) is 0 Å². The summed E-state index contributed by atoms with van der Waals surface area (Å²) in [4.78, 5) is 15.4. The molecule has 1 N–H and O–H groups in total. The van der Waals surface area contributed by atoms with Gasteiger partial charge in [0.05, 0.1) is 19.8 Å². The lowest BCUT2D eigenvalue weighted by molar-refractivity contribution is 0.102. The molecule has 0 aliphatic rings. The molecule has 0 spiro atoms. The number of hydrogen-bond donors (Lipinski definition) is 1. The van der Waals surface area contributed by atoms with Crippen molar-refractivity contribution in [2.45, 2.75) is 0 Å². The lowest BCUT2D eigenvalue weighted by Crippen LogP contribution is -2.12. The Morgan fingerprint density at radius 2 is 1.90 bits per heavy atom. The highest BCUT2D eigenvalue weighted by molar-refractivity contribution is 6.04. The molecule has 2 rings (SSSR count). The summed E-state index contributed by atoms with van der Waals surface area (Å²) in [7, 11) is 3.04. The molecule has 20 heavy (non-hydrogen) atoms. The summed E-state index contributed by atoms with van der Waals surface area (Å²) in [6.07, 6.45) is 1.17. The SMILES string of the molecule is COc1ccc(NC(=O)c2ccc(F)nc2)cc1OC. The van der Waals surface area contributed by atoms with Crippen LogP contribution in [0.1, 0.15) is 10.4 Å². The van der Waals surface area contributed by atoms with E-state index in [0.717, 1.165) is 6.07 Å². The maximum Gasteiger partial charge on any atom is 0.257 e. The molecule has 5 nitrogen and oxygen atoms in total. The van der Waals surface area contributed by atoms with Gasteiger partial charge in [0, 0.05) is 18.0 Å². The summed E-state index contributed by atoms with van der Waals surface area (Å²) >= 11 is 0. The van der Waals surface area contributed by atoms with Gasteiger partial charge in [0.2, 0.25) is 5.95 Å². The van der Waals surface area contributed by atoms with E-state index in [2.05, 4.69) is 10.3 Å². The number of amides is 1. The Balaban J connectivity index is 2.17. The monoisotopic (exact) mass is 276 g/mol. The predicted molar refractivity (Wildman–Crippen MR) is 71.7 cm³/mol. The van der Waals surface area contributed by atoms with Crippen LogP contribution in [0.4, 0.5) is 10.1 Å². The van der Waals surface area contributed by atoms with Gasteiger partial charge < -0.3 is 14.8 Å². The molecule has 1 heterocycles. The molecule has 104 valence electrons. The third-order valence-corrected chi connectivity index (χ3v) is 2.63. The second kappa shape index (κ2) is 6.01. The Morgan fingerprint density at radius 3 is 2.50 bits per heavy atom. The summed E-state index contributed by atoms with van der Waals surface area (Å²) in [5, 5.41) is 2.67. The summed E-state index contributed by atoms with van der Waals surface area (Å²) in [5.41, 5.74) is 0.804. The molecule has 0 saturated heterocycles. The number of rotatable bonds is 4. The number of nitrogens with zero attached hydrogens (tertiary/aromatic N) is 1. The standard InChI is InChI=1S/C14H13FN2O3/c1-19-11-5-4-10(7-12(11)20-2)17-14(18)9-3-6-13(15)16-8-9/h3-8H,1-2H3,(H,17,18). The first-order chi connectivity index (χ1) is 9.63. The minimum atomic E-state index is -0.632. The highest BCUT2D eigenvalue weighted by Crippen LogP contribution is 2.29. The van der Waals surface area contributed by atoms with E-state index in [-0.39, 0.29) is 11.5 Å². The molecule has 6 heteroatoms. The van der Waals surface area contributed by atoms with E-state index < -0.39 is 5.95 Å². The van der Waals surface area contributed by atoms with Gasteiger partial charge in [-0.3, -0.25) is 4.79 Å². The van der Waals surface area contributed by atoms with Crippen LogP contribution in [0, 0.1) is 5.95 Å². The van der Waals surface area contributed by atoms with E-state index in [1.165, 1.54) is 26.5 Å². The van der Waals surface area contributed by atoms with Crippen LogP contribution >= 0.6 is 0 Å². The number of carbonyl (C=O) groups excluding carboxylic acids is 1. The average molecular weight is 276 g/mol. The van der Waals surface area contributed by atoms with Crippen LogP contribution in [-0.4, -0.2) is 25.1 Å². The van der Waals surface area contributed by atoms with E-state index in [1.54, 1.807) is 18.2 Å². The molecular weight excluding hydrogens is 263 g/mol. The molecular formula is C14H13FN2O3. The molecule has 2 aromatic rings. The average Bonchev–Trinajstić information content (AvgIpc) is 2.47. The normalized spacial score (nSPS) is 9.95. The fourth-order valence-corrected chi connectivity index (χ4v) is 1.63. The molecule has 1 aromatic heterocycles. The van der Waals surface area contributed by atoms with Crippen molar-refractivity contribution in [1.29, 1.82) is 0 Å². The number of methoxy groups -OCH3 is 2. The number of halogens is 1. The van der Waals surface area contributed by atoms with Crippen LogP contribution in [0.15, 0.2) is 36.5 Å². The molecule has 0 fully saturated rings. The molecule has 0 radical (unpaired) electrons. The summed E-state index contributed by atoms with van der Waals surface area (Å²) in [6.45, 7) is 0. The first kappa shape index (κ1) is 13.8. The van der Waals surface area contributed by atoms with Crippen molar-refractivity contribution >= 4 is 11.6 Å². The molecule has 1 aromatic carbocycles. The fraction of sp³-hybridized carbons (Fsp3) is 0.143. The smallest absolute Gasteiger partial charge is 0.257 e. The zero-order chi connectivity index (χ0) is 14.5. The van der Waals surface area contributed by atoms with Crippen LogP contribution in [0.2, 0.25) is 0 Å². The zero-order valence-corrected chi connectivity index (χ0v) is 11.0. The summed E-state index contributed by atoms with van der Waals surface area (Å²) < 4.78 is 22.9. The molecule has 0 aliphatic carbocycles. The number of anilines is 1. The van der Waals surface area contributed by atoms with Crippen LogP contribution in [-0.2, 0) is 0 Å². The number of ether oxygens (including phenoxy) is 2. The van der Waals surface area contributed by atoms with Crippen molar-refractivity contribution < 1.29 is 18.7 Å². The summed E-state index contributed by atoms with van der Waals surface area (Å²) in [5.74, 6) is 0.0499. The van der Waals surface area contributed by atoms with Crippen molar-refractivity contribution in [2.75, 3.05) is 19.5 Å². The van der Waals surface area contributed by atoms with Crippen molar-refractivity contribution in [3.63, 3.8) is 0 Å².